The first-order chi connectivity index (χ1) is 20.4. The molecule has 1 N–H and O–H groups in total. The summed E-state index contributed by atoms with van der Waals surface area (Å²) < 4.78 is 5.72. The summed E-state index contributed by atoms with van der Waals surface area (Å²) in [4.78, 5) is 59.4. The monoisotopic (exact) mass is 574 g/mol. The van der Waals surface area contributed by atoms with Crippen LogP contribution in [0, 0.1) is 29.6 Å². The maximum absolute atomic E-state index is 14.3. The lowest BCUT2D eigenvalue weighted by molar-refractivity contribution is -0.145. The van der Waals surface area contributed by atoms with E-state index >= 15 is 0 Å². The van der Waals surface area contributed by atoms with E-state index in [4.69, 9.17) is 4.74 Å². The molecular formula is C34H42N2O6. The standard InChI is InChI=1S/C34H42N2O6/c1-2-42-27-17-19(13-16-26(27)37)28-22-14-15-23-29(33(40)35(31(23)38)20-9-5-3-6-10-20)24(22)18-25-30(28)34(41)36(32(25)39)21-11-7-4-8-12-21/h13-14,16-17,20-21,23-25,28-30,37H,2-12,15,18H2,1H3/t23-,24+,25+,28-,29-,30+/m0/s1. The number of allylic oxidation sites excluding steroid dienone is 2. The second-order valence-electron chi connectivity index (χ2n) is 13.4. The second kappa shape index (κ2) is 10.8. The number of phenolic OH excluding ortho intramolecular Hbond substituents is 1. The van der Waals surface area contributed by atoms with E-state index in [-0.39, 0.29) is 47.4 Å². The van der Waals surface area contributed by atoms with Crippen molar-refractivity contribution in [3.8, 4) is 11.5 Å². The molecule has 2 heterocycles. The van der Waals surface area contributed by atoms with E-state index in [1.807, 2.05) is 13.0 Å². The smallest absolute Gasteiger partial charge is 0.234 e. The third-order valence-electron chi connectivity index (χ3n) is 11.2. The number of amides is 4. The first-order valence-electron chi connectivity index (χ1n) is 16.3. The molecule has 0 spiro atoms. The third-order valence-corrected chi connectivity index (χ3v) is 11.2. The van der Waals surface area contributed by atoms with Crippen LogP contribution in [0.4, 0.5) is 0 Å². The number of carbonyl (C=O) groups is 4. The molecule has 2 aliphatic heterocycles. The fourth-order valence-electron chi connectivity index (χ4n) is 9.41. The highest BCUT2D eigenvalue weighted by Crippen LogP contribution is 2.59. The van der Waals surface area contributed by atoms with Crippen molar-refractivity contribution in [3.63, 3.8) is 0 Å². The van der Waals surface area contributed by atoms with Gasteiger partial charge in [0.25, 0.3) is 0 Å². The van der Waals surface area contributed by atoms with Crippen LogP contribution < -0.4 is 4.74 Å². The second-order valence-corrected chi connectivity index (χ2v) is 13.4. The number of aromatic hydroxyl groups is 1. The zero-order chi connectivity index (χ0) is 29.1. The lowest BCUT2D eigenvalue weighted by Crippen LogP contribution is -2.44. The summed E-state index contributed by atoms with van der Waals surface area (Å²) >= 11 is 0. The van der Waals surface area contributed by atoms with Gasteiger partial charge in [0.2, 0.25) is 23.6 Å². The fourth-order valence-corrected chi connectivity index (χ4v) is 9.41. The average Bonchev–Trinajstić information content (AvgIpc) is 3.42. The number of imide groups is 2. The van der Waals surface area contributed by atoms with Gasteiger partial charge in [-0.25, -0.2) is 0 Å². The molecule has 7 rings (SSSR count). The van der Waals surface area contributed by atoms with Crippen LogP contribution in [-0.4, -0.2) is 57.2 Å². The lowest BCUT2D eigenvalue weighted by Gasteiger charge is -2.44. The van der Waals surface area contributed by atoms with Gasteiger partial charge in [-0.05, 0) is 69.1 Å². The molecule has 1 aromatic carbocycles. The molecule has 0 radical (unpaired) electrons. The number of hydrogen-bond acceptors (Lipinski definition) is 6. The molecule has 224 valence electrons. The molecule has 4 aliphatic carbocycles. The maximum Gasteiger partial charge on any atom is 0.234 e. The minimum Gasteiger partial charge on any atom is -0.504 e. The fraction of sp³-hybridized carbons (Fsp3) is 0.647. The Morgan fingerprint density at radius 1 is 0.762 bits per heavy atom. The van der Waals surface area contributed by atoms with Crippen LogP contribution in [0.1, 0.15) is 95.5 Å². The Morgan fingerprint density at radius 2 is 1.36 bits per heavy atom. The zero-order valence-electron chi connectivity index (χ0n) is 24.5. The highest BCUT2D eigenvalue weighted by atomic mass is 16.5. The van der Waals surface area contributed by atoms with Crippen LogP contribution in [0.5, 0.6) is 11.5 Å². The Labute approximate surface area is 247 Å². The summed E-state index contributed by atoms with van der Waals surface area (Å²) in [7, 11) is 0. The molecule has 6 aliphatic rings. The molecule has 5 fully saturated rings. The molecule has 0 bridgehead atoms. The summed E-state index contributed by atoms with van der Waals surface area (Å²) in [5.41, 5.74) is 1.82. The van der Waals surface area contributed by atoms with Gasteiger partial charge in [-0.15, -0.1) is 0 Å². The molecule has 4 amide bonds. The Morgan fingerprint density at radius 3 is 1.98 bits per heavy atom. The normalized spacial score (nSPS) is 33.9. The Hall–Kier alpha value is -3.16. The van der Waals surface area contributed by atoms with Crippen molar-refractivity contribution < 1.29 is 29.0 Å². The van der Waals surface area contributed by atoms with Crippen molar-refractivity contribution >= 4 is 23.6 Å². The number of phenols is 1. The van der Waals surface area contributed by atoms with Gasteiger partial charge in [0, 0.05) is 18.0 Å². The van der Waals surface area contributed by atoms with Gasteiger partial charge in [-0.1, -0.05) is 56.2 Å². The topological polar surface area (TPSA) is 104 Å². The van der Waals surface area contributed by atoms with Crippen molar-refractivity contribution in [1.82, 2.24) is 9.80 Å². The van der Waals surface area contributed by atoms with Crippen molar-refractivity contribution in [3.05, 3.63) is 35.4 Å². The van der Waals surface area contributed by atoms with Gasteiger partial charge in [0.1, 0.15) is 0 Å². The van der Waals surface area contributed by atoms with Gasteiger partial charge in [0.15, 0.2) is 11.5 Å². The molecule has 1 aromatic rings. The van der Waals surface area contributed by atoms with Crippen LogP contribution in [0.2, 0.25) is 0 Å². The van der Waals surface area contributed by atoms with Crippen LogP contribution in [0.25, 0.3) is 0 Å². The number of fused-ring (bicyclic) bond motifs is 4. The van der Waals surface area contributed by atoms with Crippen molar-refractivity contribution in [2.24, 2.45) is 29.6 Å². The van der Waals surface area contributed by atoms with E-state index in [2.05, 4.69) is 6.08 Å². The molecular weight excluding hydrogens is 532 g/mol. The minimum absolute atomic E-state index is 0.0257. The molecule has 8 heteroatoms. The largest absolute Gasteiger partial charge is 0.504 e. The van der Waals surface area contributed by atoms with E-state index in [0.29, 0.717) is 25.2 Å². The van der Waals surface area contributed by atoms with Crippen LogP contribution >= 0.6 is 0 Å². The molecule has 6 atom stereocenters. The Bertz CT molecular complexity index is 1330. The summed E-state index contributed by atoms with van der Waals surface area (Å²) in [6.45, 7) is 2.23. The lowest BCUT2D eigenvalue weighted by atomic mass is 9.57. The minimum atomic E-state index is -0.556. The van der Waals surface area contributed by atoms with Crippen molar-refractivity contribution in [1.29, 1.82) is 0 Å². The molecule has 3 saturated carbocycles. The third kappa shape index (κ3) is 4.22. The van der Waals surface area contributed by atoms with Gasteiger partial charge >= 0.3 is 0 Å². The van der Waals surface area contributed by atoms with E-state index < -0.39 is 29.6 Å². The number of benzene rings is 1. The summed E-state index contributed by atoms with van der Waals surface area (Å²) in [6, 6.07) is 5.13. The average molecular weight is 575 g/mol. The molecule has 2 saturated heterocycles. The quantitative estimate of drug-likeness (QED) is 0.388. The summed E-state index contributed by atoms with van der Waals surface area (Å²) in [5.74, 6) is -2.61. The first kappa shape index (κ1) is 27.7. The summed E-state index contributed by atoms with van der Waals surface area (Å²) in [6.07, 6.45) is 12.8. The number of nitrogens with zero attached hydrogens (tertiary/aromatic N) is 2. The first-order valence-corrected chi connectivity index (χ1v) is 16.3. The number of carbonyl (C=O) groups excluding carboxylic acids is 4. The molecule has 0 aromatic heterocycles. The number of likely N-dealkylation sites (tertiary alicyclic amines) is 2. The number of ether oxygens (including phenoxy) is 1. The number of hydrogen-bond donors (Lipinski definition) is 1. The molecule has 42 heavy (non-hydrogen) atoms. The zero-order valence-corrected chi connectivity index (χ0v) is 24.5. The Balaban J connectivity index is 1.30. The van der Waals surface area contributed by atoms with Crippen LogP contribution in [0.15, 0.2) is 29.8 Å². The van der Waals surface area contributed by atoms with Crippen molar-refractivity contribution in [2.45, 2.75) is 102 Å². The highest BCUT2D eigenvalue weighted by molar-refractivity contribution is 6.08. The van der Waals surface area contributed by atoms with E-state index in [0.717, 1.165) is 75.3 Å². The molecule has 8 nitrogen and oxygen atoms in total. The predicted octanol–water partition coefficient (Wildman–Crippen LogP) is 5.09. The van der Waals surface area contributed by atoms with Crippen LogP contribution in [-0.2, 0) is 19.2 Å². The number of rotatable bonds is 5. The predicted molar refractivity (Wildman–Crippen MR) is 154 cm³/mol. The highest BCUT2D eigenvalue weighted by Gasteiger charge is 2.63. The van der Waals surface area contributed by atoms with Gasteiger partial charge in [0.05, 0.1) is 30.3 Å². The summed E-state index contributed by atoms with van der Waals surface area (Å²) in [5, 5.41) is 10.5. The van der Waals surface area contributed by atoms with Crippen LogP contribution in [0.3, 0.4) is 0 Å². The SMILES string of the molecule is CCOc1cc([C@H]2C3=CC[C@@H]4C(=O)N(C5CCCCC5)C(=O)[C@@H]4[C@@H]3C[C@H]3C(=O)N(C4CCCCC4)C(=O)[C@@H]23)ccc1O. The van der Waals surface area contributed by atoms with Gasteiger partial charge < -0.3 is 9.84 Å². The van der Waals surface area contributed by atoms with Gasteiger partial charge in [-0.2, -0.15) is 0 Å². The Kier molecular flexibility index (Phi) is 7.14. The maximum atomic E-state index is 14.3. The van der Waals surface area contributed by atoms with Crippen molar-refractivity contribution in [2.75, 3.05) is 6.61 Å². The van der Waals surface area contributed by atoms with E-state index in [1.54, 1.807) is 21.9 Å². The molecule has 0 unspecified atom stereocenters. The van der Waals surface area contributed by atoms with Gasteiger partial charge in [-0.3, -0.25) is 29.0 Å². The van der Waals surface area contributed by atoms with E-state index in [9.17, 15) is 24.3 Å². The van der Waals surface area contributed by atoms with E-state index in [1.165, 1.54) is 0 Å².